The first-order valence-corrected chi connectivity index (χ1v) is 12.3. The van der Waals surface area contributed by atoms with Crippen LogP contribution in [-0.2, 0) is 9.53 Å². The minimum atomic E-state index is 0.0118. The Labute approximate surface area is 171 Å². The molecule has 0 aliphatic heterocycles. The zero-order chi connectivity index (χ0) is 20.0. The van der Waals surface area contributed by atoms with Gasteiger partial charge in [0.1, 0.15) is 0 Å². The molecule has 0 aromatic carbocycles. The lowest BCUT2D eigenvalue weighted by Gasteiger charge is -2.06. The summed E-state index contributed by atoms with van der Waals surface area (Å²) >= 11 is 0. The summed E-state index contributed by atoms with van der Waals surface area (Å²) in [6, 6.07) is 0. The van der Waals surface area contributed by atoms with Gasteiger partial charge in [-0.3, -0.25) is 4.79 Å². The zero-order valence-corrected chi connectivity index (χ0v) is 19.0. The fraction of sp³-hybridized carbons (Fsp3) is 0.960. The molecule has 2 nitrogen and oxygen atoms in total. The second-order valence-corrected chi connectivity index (χ2v) is 8.81. The average molecular weight is 383 g/mol. The fourth-order valence-corrected chi connectivity index (χ4v) is 3.55. The Kier molecular flexibility index (Phi) is 21.3. The lowest BCUT2D eigenvalue weighted by atomic mass is 10.0. The highest BCUT2D eigenvalue weighted by atomic mass is 16.5. The summed E-state index contributed by atoms with van der Waals surface area (Å²) in [4.78, 5) is 11.7. The van der Waals surface area contributed by atoms with Crippen LogP contribution in [0, 0.1) is 5.92 Å². The molecule has 0 aliphatic rings. The third kappa shape index (κ3) is 23.4. The summed E-state index contributed by atoms with van der Waals surface area (Å²) in [5, 5.41) is 0. The molecule has 0 spiro atoms. The Morgan fingerprint density at radius 3 is 1.56 bits per heavy atom. The normalized spacial score (nSPS) is 11.3. The molecule has 0 atom stereocenters. The van der Waals surface area contributed by atoms with Crippen molar-refractivity contribution >= 4 is 5.97 Å². The van der Waals surface area contributed by atoms with Crippen LogP contribution < -0.4 is 0 Å². The van der Waals surface area contributed by atoms with Crippen molar-refractivity contribution in [1.82, 2.24) is 0 Å². The highest BCUT2D eigenvalue weighted by Gasteiger charge is 2.02. The van der Waals surface area contributed by atoms with Crippen molar-refractivity contribution in [1.29, 1.82) is 0 Å². The van der Waals surface area contributed by atoms with Gasteiger partial charge >= 0.3 is 5.97 Å². The van der Waals surface area contributed by atoms with Crippen LogP contribution >= 0.6 is 0 Å². The SMILES string of the molecule is CCCCCCCCCCCCCCCCC(=O)OCCCCCC(C)C. The van der Waals surface area contributed by atoms with Gasteiger partial charge in [0, 0.05) is 6.42 Å². The van der Waals surface area contributed by atoms with Gasteiger partial charge in [-0.05, 0) is 18.8 Å². The number of carbonyl (C=O) groups is 1. The number of rotatable bonds is 21. The van der Waals surface area contributed by atoms with E-state index in [2.05, 4.69) is 20.8 Å². The van der Waals surface area contributed by atoms with Crippen molar-refractivity contribution in [3.05, 3.63) is 0 Å². The molecular weight excluding hydrogens is 332 g/mol. The van der Waals surface area contributed by atoms with Crippen molar-refractivity contribution in [2.75, 3.05) is 6.61 Å². The number of hydrogen-bond donors (Lipinski definition) is 0. The van der Waals surface area contributed by atoms with E-state index in [-0.39, 0.29) is 5.97 Å². The van der Waals surface area contributed by atoms with Crippen LogP contribution in [0.3, 0.4) is 0 Å². The van der Waals surface area contributed by atoms with E-state index >= 15 is 0 Å². The molecule has 0 saturated carbocycles. The van der Waals surface area contributed by atoms with Gasteiger partial charge < -0.3 is 4.74 Å². The molecule has 162 valence electrons. The lowest BCUT2D eigenvalue weighted by molar-refractivity contribution is -0.143. The standard InChI is InChI=1S/C25H50O2/c1-4-5-6-7-8-9-10-11-12-13-14-15-16-19-22-25(26)27-23-20-17-18-21-24(2)3/h24H,4-23H2,1-3H3. The Balaban J connectivity index is 3.14. The molecule has 0 N–H and O–H groups in total. The van der Waals surface area contributed by atoms with E-state index in [1.807, 2.05) is 0 Å². The molecule has 0 amide bonds. The molecule has 0 aromatic rings. The molecule has 27 heavy (non-hydrogen) atoms. The van der Waals surface area contributed by atoms with Gasteiger partial charge in [0.25, 0.3) is 0 Å². The van der Waals surface area contributed by atoms with E-state index in [1.54, 1.807) is 0 Å². The number of carbonyl (C=O) groups excluding carboxylic acids is 1. The highest BCUT2D eigenvalue weighted by Crippen LogP contribution is 2.13. The number of hydrogen-bond acceptors (Lipinski definition) is 2. The predicted molar refractivity (Wildman–Crippen MR) is 119 cm³/mol. The molecule has 0 aromatic heterocycles. The molecular formula is C25H50O2. The zero-order valence-electron chi connectivity index (χ0n) is 19.0. The van der Waals surface area contributed by atoms with Crippen molar-refractivity contribution in [2.45, 2.75) is 143 Å². The molecule has 0 aliphatic carbocycles. The summed E-state index contributed by atoms with van der Waals surface area (Å²) in [5.41, 5.74) is 0. The molecule has 0 bridgehead atoms. The van der Waals surface area contributed by atoms with Gasteiger partial charge in [-0.2, -0.15) is 0 Å². The third-order valence-corrected chi connectivity index (χ3v) is 5.42. The Bertz CT molecular complexity index is 299. The van der Waals surface area contributed by atoms with Crippen molar-refractivity contribution in [3.8, 4) is 0 Å². The largest absolute Gasteiger partial charge is 0.466 e. The molecule has 2 heteroatoms. The topological polar surface area (TPSA) is 26.3 Å². The Hall–Kier alpha value is -0.530. The monoisotopic (exact) mass is 382 g/mol. The highest BCUT2D eigenvalue weighted by molar-refractivity contribution is 5.69. The van der Waals surface area contributed by atoms with Crippen LogP contribution in [0.15, 0.2) is 0 Å². The fourth-order valence-electron chi connectivity index (χ4n) is 3.55. The van der Waals surface area contributed by atoms with E-state index in [9.17, 15) is 4.79 Å². The van der Waals surface area contributed by atoms with Crippen LogP contribution in [-0.4, -0.2) is 12.6 Å². The maximum absolute atomic E-state index is 11.7. The maximum Gasteiger partial charge on any atom is 0.305 e. The second-order valence-electron chi connectivity index (χ2n) is 8.81. The molecule has 0 radical (unpaired) electrons. The molecule has 0 fully saturated rings. The van der Waals surface area contributed by atoms with Crippen LogP contribution in [0.5, 0.6) is 0 Å². The minimum Gasteiger partial charge on any atom is -0.466 e. The van der Waals surface area contributed by atoms with Gasteiger partial charge in [0.05, 0.1) is 6.61 Å². The number of unbranched alkanes of at least 4 members (excludes halogenated alkanes) is 15. The molecule has 0 heterocycles. The summed E-state index contributed by atoms with van der Waals surface area (Å²) in [6.07, 6.45) is 24.3. The van der Waals surface area contributed by atoms with Crippen molar-refractivity contribution in [2.24, 2.45) is 5.92 Å². The summed E-state index contributed by atoms with van der Waals surface area (Å²) in [6.45, 7) is 7.42. The van der Waals surface area contributed by atoms with E-state index in [0.717, 1.165) is 18.8 Å². The Morgan fingerprint density at radius 2 is 1.07 bits per heavy atom. The first kappa shape index (κ1) is 26.5. The van der Waals surface area contributed by atoms with Gasteiger partial charge in [-0.15, -0.1) is 0 Å². The van der Waals surface area contributed by atoms with Crippen LogP contribution in [0.2, 0.25) is 0 Å². The Morgan fingerprint density at radius 1 is 0.630 bits per heavy atom. The second kappa shape index (κ2) is 21.8. The lowest BCUT2D eigenvalue weighted by Crippen LogP contribution is -2.05. The maximum atomic E-state index is 11.7. The minimum absolute atomic E-state index is 0.0118. The van der Waals surface area contributed by atoms with Gasteiger partial charge in [0.15, 0.2) is 0 Å². The van der Waals surface area contributed by atoms with Crippen molar-refractivity contribution in [3.63, 3.8) is 0 Å². The van der Waals surface area contributed by atoms with Gasteiger partial charge in [-0.25, -0.2) is 0 Å². The van der Waals surface area contributed by atoms with Gasteiger partial charge in [-0.1, -0.05) is 124 Å². The summed E-state index contributed by atoms with van der Waals surface area (Å²) in [5.74, 6) is 0.797. The number of ether oxygens (including phenoxy) is 1. The predicted octanol–water partition coefficient (Wildman–Crippen LogP) is 8.62. The summed E-state index contributed by atoms with van der Waals surface area (Å²) < 4.78 is 5.32. The van der Waals surface area contributed by atoms with E-state index < -0.39 is 0 Å². The smallest absolute Gasteiger partial charge is 0.305 e. The first-order chi connectivity index (χ1) is 13.2. The molecule has 0 unspecified atom stereocenters. The van der Waals surface area contributed by atoms with E-state index in [1.165, 1.54) is 103 Å². The molecule has 0 rings (SSSR count). The quantitative estimate of drug-likeness (QED) is 0.147. The third-order valence-electron chi connectivity index (χ3n) is 5.42. The summed E-state index contributed by atoms with van der Waals surface area (Å²) in [7, 11) is 0. The van der Waals surface area contributed by atoms with E-state index in [4.69, 9.17) is 4.74 Å². The van der Waals surface area contributed by atoms with Crippen LogP contribution in [0.4, 0.5) is 0 Å². The van der Waals surface area contributed by atoms with Crippen LogP contribution in [0.1, 0.15) is 143 Å². The number of esters is 1. The van der Waals surface area contributed by atoms with E-state index in [0.29, 0.717) is 13.0 Å². The van der Waals surface area contributed by atoms with Gasteiger partial charge in [0.2, 0.25) is 0 Å². The first-order valence-electron chi connectivity index (χ1n) is 12.3. The average Bonchev–Trinajstić information content (AvgIpc) is 2.64. The van der Waals surface area contributed by atoms with Crippen molar-refractivity contribution < 1.29 is 9.53 Å². The van der Waals surface area contributed by atoms with Crippen LogP contribution in [0.25, 0.3) is 0 Å². The molecule has 0 saturated heterocycles.